The van der Waals surface area contributed by atoms with Crippen molar-refractivity contribution in [1.82, 2.24) is 15.2 Å². The summed E-state index contributed by atoms with van der Waals surface area (Å²) in [4.78, 5) is 27.8. The van der Waals surface area contributed by atoms with Crippen molar-refractivity contribution in [1.29, 1.82) is 0 Å². The fourth-order valence-corrected chi connectivity index (χ4v) is 1.19. The number of hydrogen-bond donors (Lipinski definition) is 2. The molecule has 0 spiro atoms. The van der Waals surface area contributed by atoms with Gasteiger partial charge in [0.25, 0.3) is 0 Å². The predicted molar refractivity (Wildman–Crippen MR) is 66.0 cm³/mol. The number of carbonyl (C=O) groups is 2. The first-order valence-corrected chi connectivity index (χ1v) is 5.49. The number of nitrogens with zero attached hydrogens (tertiary/aromatic N) is 2. The third kappa shape index (κ3) is 3.19. The molecule has 0 aromatic carbocycles. The van der Waals surface area contributed by atoms with E-state index >= 15 is 0 Å². The van der Waals surface area contributed by atoms with Gasteiger partial charge in [0.2, 0.25) is 0 Å². The Morgan fingerprint density at radius 3 is 2.44 bits per heavy atom. The molecule has 0 aliphatic carbocycles. The van der Waals surface area contributed by atoms with Crippen LogP contribution in [0.4, 0.5) is 4.79 Å². The quantitative estimate of drug-likeness (QED) is 0.839. The number of urea groups is 1. The minimum atomic E-state index is -1.25. The van der Waals surface area contributed by atoms with E-state index in [2.05, 4.69) is 10.3 Å². The zero-order valence-corrected chi connectivity index (χ0v) is 10.7. The molecular weight excluding hydrogens is 234 g/mol. The van der Waals surface area contributed by atoms with Gasteiger partial charge in [-0.05, 0) is 31.5 Å². The van der Waals surface area contributed by atoms with Crippen LogP contribution in [0.2, 0.25) is 0 Å². The third-order valence-electron chi connectivity index (χ3n) is 2.86. The van der Waals surface area contributed by atoms with Gasteiger partial charge in [-0.1, -0.05) is 0 Å². The van der Waals surface area contributed by atoms with Crippen LogP contribution in [0.15, 0.2) is 24.5 Å². The molecule has 0 saturated carbocycles. The Morgan fingerprint density at radius 1 is 1.39 bits per heavy atom. The standard InChI is InChI=1S/C12H17N3O3/c1-12(2,10(16)17)15(3)11(18)14-8-9-4-6-13-7-5-9/h4-7H,8H2,1-3H3,(H,14,18)(H,16,17). The maximum absolute atomic E-state index is 11.8. The average Bonchev–Trinajstić information content (AvgIpc) is 2.36. The highest BCUT2D eigenvalue weighted by Gasteiger charge is 2.35. The van der Waals surface area contributed by atoms with Gasteiger partial charge in [-0.25, -0.2) is 9.59 Å². The number of nitrogens with one attached hydrogen (secondary N) is 1. The Morgan fingerprint density at radius 2 is 1.94 bits per heavy atom. The summed E-state index contributed by atoms with van der Waals surface area (Å²) in [6.07, 6.45) is 3.26. The highest BCUT2D eigenvalue weighted by Crippen LogP contribution is 2.12. The molecule has 0 bridgehead atoms. The minimum Gasteiger partial charge on any atom is -0.480 e. The maximum atomic E-state index is 11.8. The SMILES string of the molecule is CN(C(=O)NCc1ccncc1)C(C)(C)C(=O)O. The van der Waals surface area contributed by atoms with Crippen molar-refractivity contribution in [2.45, 2.75) is 25.9 Å². The molecule has 0 aliphatic rings. The zero-order valence-electron chi connectivity index (χ0n) is 10.7. The smallest absolute Gasteiger partial charge is 0.329 e. The molecule has 98 valence electrons. The molecule has 0 radical (unpaired) electrons. The molecule has 1 heterocycles. The van der Waals surface area contributed by atoms with Crippen LogP contribution in [0, 0.1) is 0 Å². The average molecular weight is 251 g/mol. The first-order chi connectivity index (χ1) is 8.35. The van der Waals surface area contributed by atoms with Crippen molar-refractivity contribution >= 4 is 12.0 Å². The van der Waals surface area contributed by atoms with Gasteiger partial charge >= 0.3 is 12.0 Å². The number of carboxylic acids is 1. The zero-order chi connectivity index (χ0) is 13.8. The molecule has 1 aromatic rings. The minimum absolute atomic E-state index is 0.335. The lowest BCUT2D eigenvalue weighted by Gasteiger charge is -2.31. The van der Waals surface area contributed by atoms with Crippen LogP contribution in [0.5, 0.6) is 0 Å². The Bertz CT molecular complexity index is 431. The van der Waals surface area contributed by atoms with Crippen molar-refractivity contribution in [3.8, 4) is 0 Å². The van der Waals surface area contributed by atoms with E-state index in [1.54, 1.807) is 24.5 Å². The Labute approximate surface area is 106 Å². The van der Waals surface area contributed by atoms with Gasteiger partial charge < -0.3 is 15.3 Å². The van der Waals surface area contributed by atoms with E-state index in [0.717, 1.165) is 10.5 Å². The molecule has 0 unspecified atom stereocenters. The summed E-state index contributed by atoms with van der Waals surface area (Å²) in [7, 11) is 1.45. The highest BCUT2D eigenvalue weighted by molar-refractivity contribution is 5.85. The summed E-state index contributed by atoms with van der Waals surface area (Å²) in [5.74, 6) is -1.05. The molecule has 0 aliphatic heterocycles. The van der Waals surface area contributed by atoms with Crippen LogP contribution in [0.1, 0.15) is 19.4 Å². The molecule has 0 atom stereocenters. The van der Waals surface area contributed by atoms with Crippen molar-refractivity contribution in [3.63, 3.8) is 0 Å². The number of rotatable bonds is 4. The summed E-state index contributed by atoms with van der Waals surface area (Å²) in [6, 6.07) is 3.13. The molecular formula is C12H17N3O3. The van der Waals surface area contributed by atoms with Gasteiger partial charge in [0, 0.05) is 26.0 Å². The lowest BCUT2D eigenvalue weighted by molar-refractivity contribution is -0.146. The van der Waals surface area contributed by atoms with Crippen LogP contribution in [0.3, 0.4) is 0 Å². The van der Waals surface area contributed by atoms with Crippen molar-refractivity contribution in [3.05, 3.63) is 30.1 Å². The van der Waals surface area contributed by atoms with Crippen LogP contribution >= 0.6 is 0 Å². The number of aliphatic carboxylic acids is 1. The van der Waals surface area contributed by atoms with Crippen LogP contribution < -0.4 is 5.32 Å². The number of hydrogen-bond acceptors (Lipinski definition) is 3. The number of carboxylic acid groups (broad SMARTS) is 1. The van der Waals surface area contributed by atoms with Gasteiger partial charge in [-0.2, -0.15) is 0 Å². The molecule has 0 fully saturated rings. The number of carbonyl (C=O) groups excluding carboxylic acids is 1. The van der Waals surface area contributed by atoms with Crippen LogP contribution in [-0.2, 0) is 11.3 Å². The predicted octanol–water partition coefficient (Wildman–Crippen LogP) is 1.09. The van der Waals surface area contributed by atoms with E-state index in [1.807, 2.05) is 0 Å². The Kier molecular flexibility index (Phi) is 4.25. The molecule has 18 heavy (non-hydrogen) atoms. The van der Waals surface area contributed by atoms with E-state index in [-0.39, 0.29) is 0 Å². The number of amides is 2. The fourth-order valence-electron chi connectivity index (χ4n) is 1.19. The summed E-state index contributed by atoms with van der Waals surface area (Å²) >= 11 is 0. The summed E-state index contributed by atoms with van der Waals surface area (Å²) in [5, 5.41) is 11.7. The first-order valence-electron chi connectivity index (χ1n) is 5.49. The summed E-state index contributed by atoms with van der Waals surface area (Å²) in [6.45, 7) is 3.28. The number of aromatic nitrogens is 1. The van der Waals surface area contributed by atoms with E-state index < -0.39 is 17.5 Å². The molecule has 1 aromatic heterocycles. The molecule has 2 amide bonds. The third-order valence-corrected chi connectivity index (χ3v) is 2.86. The van der Waals surface area contributed by atoms with Gasteiger partial charge in [-0.3, -0.25) is 4.98 Å². The summed E-state index contributed by atoms with van der Waals surface area (Å²) in [5.41, 5.74) is -0.345. The first kappa shape index (κ1) is 14.0. The second-order valence-corrected chi connectivity index (χ2v) is 4.44. The van der Waals surface area contributed by atoms with Gasteiger partial charge in [0.1, 0.15) is 5.54 Å². The van der Waals surface area contributed by atoms with Crippen molar-refractivity contribution in [2.75, 3.05) is 7.05 Å². The lowest BCUT2D eigenvalue weighted by atomic mass is 10.1. The fraction of sp³-hybridized carbons (Fsp3) is 0.417. The molecule has 1 rings (SSSR count). The molecule has 6 nitrogen and oxygen atoms in total. The van der Waals surface area contributed by atoms with E-state index in [9.17, 15) is 9.59 Å². The second kappa shape index (κ2) is 5.48. The normalized spacial score (nSPS) is 10.8. The van der Waals surface area contributed by atoms with E-state index in [0.29, 0.717) is 6.54 Å². The maximum Gasteiger partial charge on any atom is 0.329 e. The van der Waals surface area contributed by atoms with Gasteiger partial charge in [-0.15, -0.1) is 0 Å². The lowest BCUT2D eigenvalue weighted by Crippen LogP contribution is -2.53. The molecule has 0 saturated heterocycles. The Hall–Kier alpha value is -2.11. The number of likely N-dealkylation sites (N-methyl/N-ethyl adjacent to an activating group) is 1. The van der Waals surface area contributed by atoms with Crippen LogP contribution in [-0.4, -0.2) is 39.6 Å². The Balaban J connectivity index is 2.59. The van der Waals surface area contributed by atoms with Gasteiger partial charge in [0.15, 0.2) is 0 Å². The van der Waals surface area contributed by atoms with Crippen molar-refractivity contribution in [2.24, 2.45) is 0 Å². The largest absolute Gasteiger partial charge is 0.480 e. The topological polar surface area (TPSA) is 82.5 Å². The number of pyridine rings is 1. The summed E-state index contributed by atoms with van der Waals surface area (Å²) < 4.78 is 0. The van der Waals surface area contributed by atoms with Gasteiger partial charge in [0.05, 0.1) is 0 Å². The highest BCUT2D eigenvalue weighted by atomic mass is 16.4. The molecule has 2 N–H and O–H groups in total. The van der Waals surface area contributed by atoms with Crippen molar-refractivity contribution < 1.29 is 14.7 Å². The van der Waals surface area contributed by atoms with Crippen LogP contribution in [0.25, 0.3) is 0 Å². The van der Waals surface area contributed by atoms with E-state index in [1.165, 1.54) is 20.9 Å². The second-order valence-electron chi connectivity index (χ2n) is 4.44. The molecule has 6 heteroatoms. The monoisotopic (exact) mass is 251 g/mol. The van der Waals surface area contributed by atoms with E-state index in [4.69, 9.17) is 5.11 Å².